The largest absolute Gasteiger partial charge is 0.459 e. The van der Waals surface area contributed by atoms with Gasteiger partial charge < -0.3 is 9.73 Å². The van der Waals surface area contributed by atoms with Crippen molar-refractivity contribution in [2.75, 3.05) is 10.0 Å². The normalized spacial score (nSPS) is 11.4. The van der Waals surface area contributed by atoms with Crippen molar-refractivity contribution in [3.05, 3.63) is 95.9 Å². The zero-order chi connectivity index (χ0) is 23.7. The number of sulfonamides is 1. The quantitative estimate of drug-likeness (QED) is 0.288. The lowest BCUT2D eigenvalue weighted by Gasteiger charge is -2.09. The first-order chi connectivity index (χ1) is 16.4. The number of amides is 1. The van der Waals surface area contributed by atoms with Gasteiger partial charge in [-0.1, -0.05) is 35.9 Å². The van der Waals surface area contributed by atoms with E-state index in [1.807, 2.05) is 18.2 Å². The Balaban J connectivity index is 1.38. The summed E-state index contributed by atoms with van der Waals surface area (Å²) < 4.78 is 32.9. The van der Waals surface area contributed by atoms with Crippen molar-refractivity contribution in [3.8, 4) is 11.1 Å². The summed E-state index contributed by atoms with van der Waals surface area (Å²) in [6.07, 6.45) is 1.43. The Morgan fingerprint density at radius 3 is 2.47 bits per heavy atom. The highest BCUT2D eigenvalue weighted by Gasteiger charge is 2.16. The molecular formula is C24H17ClN4O4S. The molecule has 0 spiro atoms. The van der Waals surface area contributed by atoms with Crippen molar-refractivity contribution >= 4 is 49.9 Å². The average molecular weight is 493 g/mol. The minimum Gasteiger partial charge on any atom is -0.459 e. The van der Waals surface area contributed by atoms with Crippen LogP contribution < -0.4 is 10.0 Å². The van der Waals surface area contributed by atoms with Gasteiger partial charge >= 0.3 is 0 Å². The van der Waals surface area contributed by atoms with Gasteiger partial charge in [0.25, 0.3) is 15.9 Å². The number of anilines is 2. The Hall–Kier alpha value is -4.08. The summed E-state index contributed by atoms with van der Waals surface area (Å²) in [5.41, 5.74) is 2.90. The fraction of sp³-hybridized carbons (Fsp3) is 0. The maximum atomic E-state index is 12.6. The topological polar surface area (TPSA) is 117 Å². The smallest absolute Gasteiger partial charge is 0.292 e. The molecule has 170 valence electrons. The molecule has 5 aromatic rings. The molecule has 8 nitrogen and oxygen atoms in total. The molecule has 0 saturated heterocycles. The molecule has 3 N–H and O–H groups in total. The van der Waals surface area contributed by atoms with Gasteiger partial charge in [0.1, 0.15) is 0 Å². The summed E-state index contributed by atoms with van der Waals surface area (Å²) in [7, 11) is -3.77. The number of fused-ring (bicyclic) bond motifs is 1. The number of nitrogens with one attached hydrogen (secondary N) is 3. The molecule has 0 saturated carbocycles. The van der Waals surface area contributed by atoms with E-state index in [1.54, 1.807) is 48.5 Å². The third kappa shape index (κ3) is 4.39. The van der Waals surface area contributed by atoms with Crippen LogP contribution in [0.15, 0.2) is 94.4 Å². The minimum atomic E-state index is -3.77. The molecule has 3 aromatic carbocycles. The van der Waals surface area contributed by atoms with Crippen molar-refractivity contribution in [1.82, 2.24) is 10.2 Å². The molecule has 0 aliphatic heterocycles. The lowest BCUT2D eigenvalue weighted by molar-refractivity contribution is 0.0996. The molecule has 5 rings (SSSR count). The molecule has 10 heteroatoms. The van der Waals surface area contributed by atoms with Crippen LogP contribution in [0.1, 0.15) is 10.6 Å². The molecule has 0 aliphatic rings. The first kappa shape index (κ1) is 21.7. The number of hydrogen-bond donors (Lipinski definition) is 3. The van der Waals surface area contributed by atoms with E-state index in [9.17, 15) is 13.2 Å². The first-order valence-electron chi connectivity index (χ1n) is 10.1. The molecule has 2 aromatic heterocycles. The number of nitrogens with zero attached hydrogens (tertiary/aromatic N) is 1. The Kier molecular flexibility index (Phi) is 5.56. The van der Waals surface area contributed by atoms with Gasteiger partial charge in [0.2, 0.25) is 0 Å². The summed E-state index contributed by atoms with van der Waals surface area (Å²) in [5, 5.41) is 10.9. The second-order valence-electron chi connectivity index (χ2n) is 7.40. The van der Waals surface area contributed by atoms with Gasteiger partial charge in [-0.2, -0.15) is 5.10 Å². The SMILES string of the molecule is O=C(Nc1n[nH]c2ccc(-c3ccc(NS(=O)(=O)c4cccc(Cl)c4)cc3)cc12)c1ccco1. The predicted octanol–water partition coefficient (Wildman–Crippen LogP) is 5.53. The van der Waals surface area contributed by atoms with Crippen LogP contribution in [0.25, 0.3) is 22.0 Å². The molecule has 2 heterocycles. The number of benzene rings is 3. The third-order valence-corrected chi connectivity index (χ3v) is 6.73. The van der Waals surface area contributed by atoms with Crippen molar-refractivity contribution < 1.29 is 17.6 Å². The van der Waals surface area contributed by atoms with Gasteiger partial charge in [-0.15, -0.1) is 0 Å². The molecular weight excluding hydrogens is 476 g/mol. The lowest BCUT2D eigenvalue weighted by Crippen LogP contribution is -2.12. The molecule has 1 amide bonds. The molecule has 0 unspecified atom stereocenters. The van der Waals surface area contributed by atoms with Crippen molar-refractivity contribution in [2.24, 2.45) is 0 Å². The van der Waals surface area contributed by atoms with E-state index in [2.05, 4.69) is 20.2 Å². The Morgan fingerprint density at radius 1 is 0.941 bits per heavy atom. The van der Waals surface area contributed by atoms with Gasteiger partial charge in [-0.25, -0.2) is 8.42 Å². The predicted molar refractivity (Wildman–Crippen MR) is 130 cm³/mol. The van der Waals surface area contributed by atoms with Crippen LogP contribution >= 0.6 is 11.6 Å². The summed E-state index contributed by atoms with van der Waals surface area (Å²) in [4.78, 5) is 12.4. The highest BCUT2D eigenvalue weighted by atomic mass is 35.5. The van der Waals surface area contributed by atoms with Gasteiger partial charge in [-0.05, 0) is 65.7 Å². The number of hydrogen-bond acceptors (Lipinski definition) is 5. The van der Waals surface area contributed by atoms with Crippen molar-refractivity contribution in [3.63, 3.8) is 0 Å². The number of H-pyrrole nitrogens is 1. The second kappa shape index (κ2) is 8.69. The van der Waals surface area contributed by atoms with E-state index in [1.165, 1.54) is 18.4 Å². The molecule has 0 fully saturated rings. The maximum absolute atomic E-state index is 12.6. The third-order valence-electron chi connectivity index (χ3n) is 5.12. The number of carbonyl (C=O) groups is 1. The monoisotopic (exact) mass is 492 g/mol. The van der Waals surface area contributed by atoms with Gasteiger partial charge in [-0.3, -0.25) is 14.6 Å². The molecule has 0 atom stereocenters. The Morgan fingerprint density at radius 2 is 1.74 bits per heavy atom. The van der Waals surface area contributed by atoms with Crippen LogP contribution in [-0.2, 0) is 10.0 Å². The Bertz CT molecular complexity index is 1590. The van der Waals surface area contributed by atoms with Crippen LogP contribution in [0.2, 0.25) is 5.02 Å². The first-order valence-corrected chi connectivity index (χ1v) is 12.0. The van der Waals surface area contributed by atoms with Crippen molar-refractivity contribution in [1.29, 1.82) is 0 Å². The number of rotatable bonds is 6. The van der Waals surface area contributed by atoms with Crippen LogP contribution in [0.5, 0.6) is 0 Å². The van der Waals surface area contributed by atoms with E-state index in [0.29, 0.717) is 16.5 Å². The fourth-order valence-corrected chi connectivity index (χ4v) is 4.80. The maximum Gasteiger partial charge on any atom is 0.292 e. The Labute approximate surface area is 199 Å². The number of furan rings is 1. The minimum absolute atomic E-state index is 0.0820. The summed E-state index contributed by atoms with van der Waals surface area (Å²) in [6, 6.07) is 21.9. The fourth-order valence-electron chi connectivity index (χ4n) is 3.44. The molecule has 0 aliphatic carbocycles. The number of carbonyl (C=O) groups excluding carboxylic acids is 1. The lowest BCUT2D eigenvalue weighted by atomic mass is 10.0. The zero-order valence-electron chi connectivity index (χ0n) is 17.4. The number of aromatic amines is 1. The highest BCUT2D eigenvalue weighted by Crippen LogP contribution is 2.29. The highest BCUT2D eigenvalue weighted by molar-refractivity contribution is 7.92. The molecule has 0 bridgehead atoms. The van der Waals surface area contributed by atoms with Gasteiger partial charge in [0.05, 0.1) is 16.7 Å². The van der Waals surface area contributed by atoms with Crippen LogP contribution in [-0.4, -0.2) is 24.5 Å². The summed E-state index contributed by atoms with van der Waals surface area (Å²) in [5.74, 6) is 0.160. The standard InChI is InChI=1S/C24H17ClN4O4S/c25-17-3-1-4-19(14-17)34(31,32)29-18-9-6-15(7-10-18)16-8-11-21-20(13-16)23(28-27-21)26-24(30)22-5-2-12-33-22/h1-14,29H,(H2,26,27,28,30). The number of halogens is 1. The van der Waals surface area contributed by atoms with Gasteiger partial charge in [0.15, 0.2) is 11.6 Å². The second-order valence-corrected chi connectivity index (χ2v) is 9.52. The van der Waals surface area contributed by atoms with E-state index in [0.717, 1.165) is 22.0 Å². The zero-order valence-corrected chi connectivity index (χ0v) is 19.0. The van der Waals surface area contributed by atoms with E-state index >= 15 is 0 Å². The van der Waals surface area contributed by atoms with Crippen molar-refractivity contribution in [2.45, 2.75) is 4.90 Å². The summed E-state index contributed by atoms with van der Waals surface area (Å²) in [6.45, 7) is 0. The van der Waals surface area contributed by atoms with Crippen LogP contribution in [0.4, 0.5) is 11.5 Å². The van der Waals surface area contributed by atoms with E-state index in [4.69, 9.17) is 16.0 Å². The molecule has 34 heavy (non-hydrogen) atoms. The van der Waals surface area contributed by atoms with E-state index in [-0.39, 0.29) is 10.7 Å². The molecule has 0 radical (unpaired) electrons. The van der Waals surface area contributed by atoms with Crippen LogP contribution in [0, 0.1) is 0 Å². The number of aromatic nitrogens is 2. The van der Waals surface area contributed by atoms with Gasteiger partial charge in [0, 0.05) is 16.1 Å². The summed E-state index contributed by atoms with van der Waals surface area (Å²) >= 11 is 5.91. The average Bonchev–Trinajstić information content (AvgIpc) is 3.50. The van der Waals surface area contributed by atoms with Crippen LogP contribution in [0.3, 0.4) is 0 Å². The van der Waals surface area contributed by atoms with E-state index < -0.39 is 15.9 Å².